The standard InChI is InChI=1S/C20H20BrNO6S/c1-22(2)29(24,25)19-12-13(4-6-18(19)26-3)20(23)27-9-8-16-11-14-10-15(21)5-7-17(14)28-16/h4-7,10-12H,8-9H2,1-3H3. The van der Waals surface area contributed by atoms with Gasteiger partial charge in [-0.2, -0.15) is 0 Å². The van der Waals surface area contributed by atoms with Gasteiger partial charge in [-0.3, -0.25) is 0 Å². The van der Waals surface area contributed by atoms with Gasteiger partial charge in [0.25, 0.3) is 0 Å². The Labute approximate surface area is 177 Å². The van der Waals surface area contributed by atoms with Crippen LogP contribution in [0.4, 0.5) is 0 Å². The van der Waals surface area contributed by atoms with Gasteiger partial charge in [0.2, 0.25) is 10.0 Å². The molecule has 0 spiro atoms. The molecule has 9 heteroatoms. The van der Waals surface area contributed by atoms with Gasteiger partial charge in [-0.25, -0.2) is 17.5 Å². The van der Waals surface area contributed by atoms with Crippen LogP contribution in [0, 0.1) is 0 Å². The molecule has 29 heavy (non-hydrogen) atoms. The number of rotatable bonds is 7. The molecule has 154 valence electrons. The average Bonchev–Trinajstić information content (AvgIpc) is 3.08. The molecule has 0 fully saturated rings. The molecule has 0 saturated carbocycles. The Morgan fingerprint density at radius 1 is 1.14 bits per heavy atom. The summed E-state index contributed by atoms with van der Waals surface area (Å²) >= 11 is 3.41. The Morgan fingerprint density at radius 2 is 1.90 bits per heavy atom. The van der Waals surface area contributed by atoms with Crippen molar-refractivity contribution in [2.75, 3.05) is 27.8 Å². The van der Waals surface area contributed by atoms with Crippen molar-refractivity contribution in [1.29, 1.82) is 0 Å². The number of nitrogens with zero attached hydrogens (tertiary/aromatic N) is 1. The second-order valence-corrected chi connectivity index (χ2v) is 9.47. The lowest BCUT2D eigenvalue weighted by molar-refractivity contribution is 0.0505. The van der Waals surface area contributed by atoms with E-state index in [1.807, 2.05) is 24.3 Å². The number of carbonyl (C=O) groups is 1. The fraction of sp³-hybridized carbons (Fsp3) is 0.250. The number of fused-ring (bicyclic) bond motifs is 1. The van der Waals surface area contributed by atoms with Crippen LogP contribution >= 0.6 is 15.9 Å². The highest BCUT2D eigenvalue weighted by molar-refractivity contribution is 9.10. The number of halogens is 1. The van der Waals surface area contributed by atoms with E-state index in [0.717, 1.165) is 19.7 Å². The quantitative estimate of drug-likeness (QED) is 0.476. The summed E-state index contributed by atoms with van der Waals surface area (Å²) in [5.41, 5.74) is 0.878. The minimum atomic E-state index is -3.78. The first-order valence-electron chi connectivity index (χ1n) is 8.68. The average molecular weight is 482 g/mol. The zero-order valence-electron chi connectivity index (χ0n) is 16.1. The maximum Gasteiger partial charge on any atom is 0.338 e. The summed E-state index contributed by atoms with van der Waals surface area (Å²) < 4.78 is 43.1. The molecule has 7 nitrogen and oxygen atoms in total. The minimum absolute atomic E-state index is 0.0951. The zero-order chi connectivity index (χ0) is 21.2. The third-order valence-electron chi connectivity index (χ3n) is 4.27. The van der Waals surface area contributed by atoms with Crippen molar-refractivity contribution in [3.8, 4) is 5.75 Å². The van der Waals surface area contributed by atoms with E-state index in [2.05, 4.69) is 15.9 Å². The van der Waals surface area contributed by atoms with Crippen molar-refractivity contribution in [3.05, 3.63) is 58.3 Å². The number of furan rings is 1. The van der Waals surface area contributed by atoms with Crippen LogP contribution in [0.3, 0.4) is 0 Å². The molecular weight excluding hydrogens is 462 g/mol. The van der Waals surface area contributed by atoms with Crippen molar-refractivity contribution in [1.82, 2.24) is 4.31 Å². The topological polar surface area (TPSA) is 86.0 Å². The van der Waals surface area contributed by atoms with Crippen molar-refractivity contribution in [3.63, 3.8) is 0 Å². The number of esters is 1. The van der Waals surface area contributed by atoms with E-state index < -0.39 is 16.0 Å². The van der Waals surface area contributed by atoms with Crippen molar-refractivity contribution < 1.29 is 27.1 Å². The van der Waals surface area contributed by atoms with Crippen molar-refractivity contribution in [2.24, 2.45) is 0 Å². The lowest BCUT2D eigenvalue weighted by atomic mass is 10.2. The highest BCUT2D eigenvalue weighted by atomic mass is 79.9. The van der Waals surface area contributed by atoms with Gasteiger partial charge in [0.15, 0.2) is 0 Å². The fourth-order valence-corrected chi connectivity index (χ4v) is 4.18. The van der Waals surface area contributed by atoms with E-state index in [-0.39, 0.29) is 22.8 Å². The number of sulfonamides is 1. The van der Waals surface area contributed by atoms with E-state index in [4.69, 9.17) is 13.9 Å². The molecule has 0 atom stereocenters. The Morgan fingerprint density at radius 3 is 2.59 bits per heavy atom. The molecule has 0 bridgehead atoms. The van der Waals surface area contributed by atoms with Gasteiger partial charge in [0, 0.05) is 30.4 Å². The SMILES string of the molecule is COc1ccc(C(=O)OCCc2cc3cc(Br)ccc3o2)cc1S(=O)(=O)N(C)C. The largest absolute Gasteiger partial charge is 0.495 e. The predicted molar refractivity (Wildman–Crippen MR) is 112 cm³/mol. The molecule has 1 heterocycles. The number of hydrogen-bond donors (Lipinski definition) is 0. The van der Waals surface area contributed by atoms with Crippen LogP contribution in [0.15, 0.2) is 56.2 Å². The fourth-order valence-electron chi connectivity index (χ4n) is 2.72. The van der Waals surface area contributed by atoms with Gasteiger partial charge in [-0.05, 0) is 42.5 Å². The first-order valence-corrected chi connectivity index (χ1v) is 10.9. The molecule has 0 aliphatic rings. The number of ether oxygens (including phenoxy) is 2. The Balaban J connectivity index is 1.71. The zero-order valence-corrected chi connectivity index (χ0v) is 18.5. The summed E-state index contributed by atoms with van der Waals surface area (Å²) in [5, 5.41) is 0.953. The van der Waals surface area contributed by atoms with E-state index in [1.165, 1.54) is 39.4 Å². The van der Waals surface area contributed by atoms with E-state index in [9.17, 15) is 13.2 Å². The summed E-state index contributed by atoms with van der Waals surface area (Å²) in [5.74, 6) is 0.224. The maximum absolute atomic E-state index is 12.5. The Bertz CT molecular complexity index is 1150. The van der Waals surface area contributed by atoms with E-state index in [1.54, 1.807) is 0 Å². The van der Waals surface area contributed by atoms with Crippen LogP contribution in [0.2, 0.25) is 0 Å². The molecule has 0 amide bonds. The summed E-state index contributed by atoms with van der Waals surface area (Å²) in [4.78, 5) is 12.3. The lowest BCUT2D eigenvalue weighted by Crippen LogP contribution is -2.23. The smallest absolute Gasteiger partial charge is 0.338 e. The number of hydrogen-bond acceptors (Lipinski definition) is 6. The van der Waals surface area contributed by atoms with E-state index >= 15 is 0 Å². The molecule has 0 aliphatic heterocycles. The van der Waals surface area contributed by atoms with Crippen LogP contribution in [-0.2, 0) is 21.2 Å². The van der Waals surface area contributed by atoms with Crippen LogP contribution in [0.5, 0.6) is 5.75 Å². The Kier molecular flexibility index (Phi) is 6.30. The highest BCUT2D eigenvalue weighted by Crippen LogP contribution is 2.27. The molecule has 3 rings (SSSR count). The lowest BCUT2D eigenvalue weighted by Gasteiger charge is -2.15. The van der Waals surface area contributed by atoms with Gasteiger partial charge in [0.1, 0.15) is 22.0 Å². The van der Waals surface area contributed by atoms with Gasteiger partial charge < -0.3 is 13.9 Å². The Hall–Kier alpha value is -2.36. The summed E-state index contributed by atoms with van der Waals surface area (Å²) in [6.07, 6.45) is 0.400. The molecule has 0 unspecified atom stereocenters. The monoisotopic (exact) mass is 481 g/mol. The molecule has 1 aromatic heterocycles. The summed E-state index contributed by atoms with van der Waals surface area (Å²) in [6.45, 7) is 0.0988. The van der Waals surface area contributed by atoms with Crippen LogP contribution in [-0.4, -0.2) is 46.5 Å². The van der Waals surface area contributed by atoms with Gasteiger partial charge in [0.05, 0.1) is 19.3 Å². The molecule has 0 saturated heterocycles. The molecule has 3 aromatic rings. The number of benzene rings is 2. The predicted octanol–water partition coefficient (Wildman–Crippen LogP) is 3.85. The van der Waals surface area contributed by atoms with Crippen molar-refractivity contribution >= 4 is 42.9 Å². The molecular formula is C20H20BrNO6S. The van der Waals surface area contributed by atoms with Crippen LogP contribution in [0.25, 0.3) is 11.0 Å². The summed E-state index contributed by atoms with van der Waals surface area (Å²) in [7, 11) is 0.410. The van der Waals surface area contributed by atoms with Gasteiger partial charge in [-0.15, -0.1) is 0 Å². The first-order chi connectivity index (χ1) is 13.7. The highest BCUT2D eigenvalue weighted by Gasteiger charge is 2.24. The second-order valence-electron chi connectivity index (χ2n) is 6.43. The number of methoxy groups -OCH3 is 1. The van der Waals surface area contributed by atoms with E-state index in [0.29, 0.717) is 12.2 Å². The maximum atomic E-state index is 12.5. The third kappa shape index (κ3) is 4.63. The molecule has 0 aliphatic carbocycles. The summed E-state index contributed by atoms with van der Waals surface area (Å²) in [6, 6.07) is 11.7. The second kappa shape index (κ2) is 8.56. The minimum Gasteiger partial charge on any atom is -0.495 e. The number of carbonyl (C=O) groups excluding carboxylic acids is 1. The normalized spacial score (nSPS) is 11.8. The molecule has 0 N–H and O–H groups in total. The molecule has 0 radical (unpaired) electrons. The van der Waals surface area contributed by atoms with Crippen LogP contribution < -0.4 is 4.74 Å². The first kappa shape index (κ1) is 21.4. The molecule has 2 aromatic carbocycles. The van der Waals surface area contributed by atoms with Gasteiger partial charge >= 0.3 is 5.97 Å². The van der Waals surface area contributed by atoms with Gasteiger partial charge in [-0.1, -0.05) is 15.9 Å². The third-order valence-corrected chi connectivity index (χ3v) is 6.60. The van der Waals surface area contributed by atoms with Crippen LogP contribution in [0.1, 0.15) is 16.1 Å². The van der Waals surface area contributed by atoms with Crippen molar-refractivity contribution in [2.45, 2.75) is 11.3 Å².